The van der Waals surface area contributed by atoms with Crippen LogP contribution in [0.1, 0.15) is 30.9 Å². The van der Waals surface area contributed by atoms with Gasteiger partial charge < -0.3 is 39.6 Å². The zero-order chi connectivity index (χ0) is 19.2. The van der Waals surface area contributed by atoms with Crippen molar-refractivity contribution in [2.24, 2.45) is 0 Å². The highest BCUT2D eigenvalue weighted by atomic mass is 35.5. The fraction of sp³-hybridized carbons (Fsp3) is 0.500. The quantitative estimate of drug-likeness (QED) is 0.500. The number of halogens is 2. The largest absolute Gasteiger partial charge is 1.00 e. The van der Waals surface area contributed by atoms with Crippen molar-refractivity contribution in [2.45, 2.75) is 32.8 Å². The Morgan fingerprint density at radius 3 is 2.38 bits per heavy atom. The zero-order valence-electron chi connectivity index (χ0n) is 17.4. The van der Waals surface area contributed by atoms with Gasteiger partial charge in [-0.2, -0.15) is 0 Å². The minimum atomic E-state index is -0.489. The molecule has 0 aliphatic carbocycles. The number of ether oxygens (including phenoxy) is 1. The van der Waals surface area contributed by atoms with Crippen LogP contribution in [0.15, 0.2) is 42.6 Å². The van der Waals surface area contributed by atoms with Gasteiger partial charge in [0.2, 0.25) is 0 Å². The maximum Gasteiger partial charge on any atom is 0.128 e. The van der Waals surface area contributed by atoms with Crippen LogP contribution in [0.2, 0.25) is 0 Å². The van der Waals surface area contributed by atoms with Gasteiger partial charge in [0.15, 0.2) is 0 Å². The van der Waals surface area contributed by atoms with Crippen molar-refractivity contribution in [3.63, 3.8) is 0 Å². The molecule has 1 N–H and O–H groups in total. The van der Waals surface area contributed by atoms with Crippen LogP contribution in [0.5, 0.6) is 5.75 Å². The summed E-state index contributed by atoms with van der Waals surface area (Å²) in [6.07, 6.45) is 1.34. The summed E-state index contributed by atoms with van der Waals surface area (Å²) in [7, 11) is 0. The lowest BCUT2D eigenvalue weighted by Gasteiger charge is -2.36. The molecule has 1 unspecified atom stereocenters. The Bertz CT molecular complexity index is 723. The highest BCUT2D eigenvalue weighted by Gasteiger charge is 2.20. The Morgan fingerprint density at radius 1 is 1.07 bits per heavy atom. The van der Waals surface area contributed by atoms with E-state index in [1.165, 1.54) is 11.1 Å². The van der Waals surface area contributed by atoms with Gasteiger partial charge in [-0.25, -0.2) is 4.98 Å². The lowest BCUT2D eigenvalue weighted by Crippen LogP contribution is -3.00. The zero-order valence-corrected chi connectivity index (χ0v) is 18.9. The Hall–Kier alpha value is -1.53. The van der Waals surface area contributed by atoms with Crippen LogP contribution >= 0.6 is 0 Å². The monoisotopic (exact) mass is 439 g/mol. The second-order valence-corrected chi connectivity index (χ2v) is 7.61. The summed E-state index contributed by atoms with van der Waals surface area (Å²) in [6.45, 7) is 11.2. The van der Waals surface area contributed by atoms with Crippen LogP contribution in [0.4, 0.5) is 5.82 Å². The molecule has 1 aliphatic rings. The first-order valence-electron chi connectivity index (χ1n) is 9.82. The third-order valence-electron chi connectivity index (χ3n) is 5.12. The van der Waals surface area contributed by atoms with Gasteiger partial charge in [-0.3, -0.25) is 4.90 Å². The number of aliphatic hydroxyl groups excluding tert-OH is 1. The molecule has 7 heteroatoms. The first kappa shape index (κ1) is 25.5. The summed E-state index contributed by atoms with van der Waals surface area (Å²) in [5.41, 5.74) is 2.58. The number of rotatable bonds is 7. The number of hydrogen-bond donors (Lipinski definition) is 1. The summed E-state index contributed by atoms with van der Waals surface area (Å²) in [6, 6.07) is 12.2. The molecule has 0 radical (unpaired) electrons. The lowest BCUT2D eigenvalue weighted by atomic mass is 9.98. The predicted molar refractivity (Wildman–Crippen MR) is 110 cm³/mol. The van der Waals surface area contributed by atoms with Crippen LogP contribution in [0.3, 0.4) is 0 Å². The molecule has 5 nitrogen and oxygen atoms in total. The van der Waals surface area contributed by atoms with E-state index < -0.39 is 6.10 Å². The van der Waals surface area contributed by atoms with E-state index in [-0.39, 0.29) is 24.8 Å². The second kappa shape index (κ2) is 12.2. The van der Waals surface area contributed by atoms with E-state index in [2.05, 4.69) is 47.7 Å². The average Bonchev–Trinajstić information content (AvgIpc) is 2.67. The molecule has 1 aromatic carbocycles. The number of pyridine rings is 1. The van der Waals surface area contributed by atoms with Crippen molar-refractivity contribution in [3.8, 4) is 5.75 Å². The smallest absolute Gasteiger partial charge is 0.128 e. The fourth-order valence-corrected chi connectivity index (χ4v) is 3.63. The van der Waals surface area contributed by atoms with Gasteiger partial charge in [0.05, 0.1) is 0 Å². The van der Waals surface area contributed by atoms with Crippen molar-refractivity contribution in [1.82, 2.24) is 9.88 Å². The number of hydrogen-bond acceptors (Lipinski definition) is 5. The van der Waals surface area contributed by atoms with Gasteiger partial charge in [0.25, 0.3) is 0 Å². The van der Waals surface area contributed by atoms with E-state index in [1.807, 2.05) is 30.5 Å². The summed E-state index contributed by atoms with van der Waals surface area (Å²) in [5.74, 6) is 2.37. The predicted octanol–water partition coefficient (Wildman–Crippen LogP) is -2.92. The third-order valence-corrected chi connectivity index (χ3v) is 5.12. The molecule has 1 atom stereocenters. The highest BCUT2D eigenvalue weighted by molar-refractivity contribution is 5.38. The van der Waals surface area contributed by atoms with Gasteiger partial charge in [-0.15, -0.1) is 0 Å². The Labute approximate surface area is 186 Å². The molecule has 3 rings (SSSR count). The van der Waals surface area contributed by atoms with E-state index in [4.69, 9.17) is 4.74 Å². The number of piperazine rings is 1. The van der Waals surface area contributed by atoms with Crippen molar-refractivity contribution < 1.29 is 34.7 Å². The summed E-state index contributed by atoms with van der Waals surface area (Å²) < 4.78 is 5.82. The Balaban J connectivity index is 0.00000210. The van der Waals surface area contributed by atoms with Crippen molar-refractivity contribution >= 4 is 5.82 Å². The first-order valence-corrected chi connectivity index (χ1v) is 9.82. The summed E-state index contributed by atoms with van der Waals surface area (Å²) in [4.78, 5) is 9.00. The Kier molecular flexibility index (Phi) is 10.8. The van der Waals surface area contributed by atoms with Crippen LogP contribution in [-0.2, 0) is 0 Å². The number of aliphatic hydroxyl groups is 1. The molecular weight excluding hydrogens is 409 g/mol. The molecule has 0 spiro atoms. The SMILES string of the molecule is Cc1cc(OCC(O)CN2CCN(c3ccccn3)CC2)ccc1C(C)C.[Cl-].[Cl-]. The van der Waals surface area contributed by atoms with Crippen molar-refractivity contribution in [2.75, 3.05) is 44.2 Å². The topological polar surface area (TPSA) is 48.8 Å². The minimum absolute atomic E-state index is 0. The van der Waals surface area contributed by atoms with Crippen LogP contribution in [-0.4, -0.2) is 60.4 Å². The molecule has 0 bridgehead atoms. The number of nitrogens with zero attached hydrogens (tertiary/aromatic N) is 3. The standard InChI is InChI=1S/C22H31N3O2.2ClH/c1-17(2)21-8-7-20(14-18(21)3)27-16-19(26)15-24-10-12-25(13-11-24)22-6-4-5-9-23-22;;/h4-9,14,17,19,26H,10-13,15-16H2,1-3H3;2*1H/p-2. The molecule has 0 amide bonds. The molecular formula is C22H31Cl2N3O2-2. The van der Waals surface area contributed by atoms with E-state index in [9.17, 15) is 5.11 Å². The average molecular weight is 440 g/mol. The molecule has 162 valence electrons. The van der Waals surface area contributed by atoms with E-state index in [0.29, 0.717) is 19.1 Å². The fourth-order valence-electron chi connectivity index (χ4n) is 3.63. The van der Waals surface area contributed by atoms with Crippen molar-refractivity contribution in [3.05, 3.63) is 53.7 Å². The van der Waals surface area contributed by atoms with Crippen LogP contribution in [0, 0.1) is 6.92 Å². The van der Waals surface area contributed by atoms with Gasteiger partial charge in [0.1, 0.15) is 24.3 Å². The number of aryl methyl sites for hydroxylation is 1. The normalized spacial score (nSPS) is 15.4. The molecule has 1 aliphatic heterocycles. The summed E-state index contributed by atoms with van der Waals surface area (Å²) in [5, 5.41) is 10.4. The van der Waals surface area contributed by atoms with Crippen LogP contribution in [0.25, 0.3) is 0 Å². The van der Waals surface area contributed by atoms with Gasteiger partial charge in [-0.05, 0) is 48.2 Å². The van der Waals surface area contributed by atoms with Crippen molar-refractivity contribution in [1.29, 1.82) is 0 Å². The van der Waals surface area contributed by atoms with E-state index in [1.54, 1.807) is 0 Å². The molecule has 1 fully saturated rings. The first-order chi connectivity index (χ1) is 13.0. The number of anilines is 1. The van der Waals surface area contributed by atoms with E-state index in [0.717, 1.165) is 37.7 Å². The molecule has 2 heterocycles. The van der Waals surface area contributed by atoms with Gasteiger partial charge >= 0.3 is 0 Å². The molecule has 29 heavy (non-hydrogen) atoms. The third kappa shape index (κ3) is 7.34. The second-order valence-electron chi connectivity index (χ2n) is 7.61. The number of benzene rings is 1. The molecule has 0 saturated carbocycles. The molecule has 1 saturated heterocycles. The molecule has 1 aromatic heterocycles. The number of aromatic nitrogens is 1. The maximum absolute atomic E-state index is 10.4. The maximum atomic E-state index is 10.4. The molecule has 2 aromatic rings. The highest BCUT2D eigenvalue weighted by Crippen LogP contribution is 2.23. The Morgan fingerprint density at radius 2 is 1.79 bits per heavy atom. The van der Waals surface area contributed by atoms with Gasteiger partial charge in [-0.1, -0.05) is 26.0 Å². The number of β-amino-alcohol motifs (C(OH)–C–C–N with tert-alkyl or cyclic N) is 1. The summed E-state index contributed by atoms with van der Waals surface area (Å²) >= 11 is 0. The lowest BCUT2D eigenvalue weighted by molar-refractivity contribution is -0.001000. The van der Waals surface area contributed by atoms with Gasteiger partial charge in [0, 0.05) is 38.9 Å². The van der Waals surface area contributed by atoms with E-state index >= 15 is 0 Å². The minimum Gasteiger partial charge on any atom is -1.00 e. The van der Waals surface area contributed by atoms with Crippen LogP contribution < -0.4 is 34.5 Å².